The first-order valence-corrected chi connectivity index (χ1v) is 10.7. The van der Waals surface area contributed by atoms with Crippen LogP contribution in [0.5, 0.6) is 0 Å². The van der Waals surface area contributed by atoms with Gasteiger partial charge in [0, 0.05) is 28.4 Å². The van der Waals surface area contributed by atoms with Crippen LogP contribution in [0.25, 0.3) is 16.9 Å². The fraction of sp³-hybridized carbons (Fsp3) is 0.385. The van der Waals surface area contributed by atoms with Crippen molar-refractivity contribution in [3.63, 3.8) is 0 Å². The Bertz CT molecular complexity index is 1060. The van der Waals surface area contributed by atoms with Gasteiger partial charge in [0.05, 0.1) is 17.1 Å². The summed E-state index contributed by atoms with van der Waals surface area (Å²) >= 11 is 0. The predicted molar refractivity (Wildman–Crippen MR) is 116 cm³/mol. The summed E-state index contributed by atoms with van der Waals surface area (Å²) < 4.78 is 2.18. The maximum absolute atomic E-state index is 12.8. The molecule has 5 rings (SSSR count). The van der Waals surface area contributed by atoms with Gasteiger partial charge < -0.3 is 0 Å². The molecule has 3 nitrogen and oxygen atoms in total. The Kier molecular flexibility index (Phi) is 4.06. The molecule has 1 saturated carbocycles. The van der Waals surface area contributed by atoms with Crippen LogP contribution in [0.2, 0.25) is 0 Å². The van der Waals surface area contributed by atoms with Gasteiger partial charge in [0.25, 0.3) is 0 Å². The quantitative estimate of drug-likeness (QED) is 0.564. The highest BCUT2D eigenvalue weighted by Gasteiger charge is 2.55. The second-order valence-corrected chi connectivity index (χ2v) is 9.44. The number of para-hydroxylation sites is 1. The van der Waals surface area contributed by atoms with Gasteiger partial charge in [-0.15, -0.1) is 0 Å². The molecule has 0 unspecified atom stereocenters. The normalized spacial score (nSPS) is 25.3. The summed E-state index contributed by atoms with van der Waals surface area (Å²) in [6.45, 7) is 6.69. The first kappa shape index (κ1) is 18.4. The average Bonchev–Trinajstić information content (AvgIpc) is 3.14. The van der Waals surface area contributed by atoms with E-state index in [2.05, 4.69) is 80.1 Å². The molecule has 0 spiro atoms. The van der Waals surface area contributed by atoms with Crippen molar-refractivity contribution in [2.24, 2.45) is 11.3 Å². The molecule has 0 bridgehead atoms. The van der Waals surface area contributed by atoms with Crippen LogP contribution in [-0.4, -0.2) is 15.6 Å². The molecular weight excluding hydrogens is 356 g/mol. The van der Waals surface area contributed by atoms with Crippen molar-refractivity contribution in [1.29, 1.82) is 0 Å². The summed E-state index contributed by atoms with van der Waals surface area (Å²) in [4.78, 5) is 12.8. The lowest BCUT2D eigenvalue weighted by Crippen LogP contribution is -2.52. The van der Waals surface area contributed by atoms with Gasteiger partial charge >= 0.3 is 0 Å². The van der Waals surface area contributed by atoms with Gasteiger partial charge in [-0.3, -0.25) is 4.79 Å². The SMILES string of the molecule is CC1(C)C(=O)CC[C@]2(C)c3c(c(-c4ccccc4)nn3-c3ccccc3)CC[C@@H]12. The zero-order chi connectivity index (χ0) is 20.2. The lowest BCUT2D eigenvalue weighted by atomic mass is 9.51. The van der Waals surface area contributed by atoms with Gasteiger partial charge in [-0.2, -0.15) is 5.10 Å². The first-order chi connectivity index (χ1) is 13.9. The van der Waals surface area contributed by atoms with Crippen LogP contribution < -0.4 is 0 Å². The number of ketones is 1. The number of hydrogen-bond donors (Lipinski definition) is 0. The molecule has 2 aromatic carbocycles. The highest BCUT2D eigenvalue weighted by atomic mass is 16.1. The Morgan fingerprint density at radius 3 is 2.28 bits per heavy atom. The van der Waals surface area contributed by atoms with Gasteiger partial charge in [-0.1, -0.05) is 69.3 Å². The predicted octanol–water partition coefficient (Wildman–Crippen LogP) is 5.75. The summed E-state index contributed by atoms with van der Waals surface area (Å²) in [5.74, 6) is 0.754. The number of carbonyl (C=O) groups is 1. The summed E-state index contributed by atoms with van der Waals surface area (Å²) in [6.07, 6.45) is 3.58. The minimum atomic E-state index is -0.288. The van der Waals surface area contributed by atoms with E-state index in [1.165, 1.54) is 16.8 Å². The Balaban J connectivity index is 1.77. The summed E-state index contributed by atoms with van der Waals surface area (Å²) in [5, 5.41) is 5.17. The van der Waals surface area contributed by atoms with E-state index in [-0.39, 0.29) is 10.8 Å². The molecule has 2 aliphatic rings. The van der Waals surface area contributed by atoms with E-state index in [1.54, 1.807) is 0 Å². The lowest BCUT2D eigenvalue weighted by Gasteiger charge is -2.52. The third-order valence-corrected chi connectivity index (χ3v) is 7.49. The molecule has 2 atom stereocenters. The molecule has 1 heterocycles. The van der Waals surface area contributed by atoms with Crippen molar-refractivity contribution in [3.05, 3.63) is 71.9 Å². The van der Waals surface area contributed by atoms with Crippen LogP contribution in [-0.2, 0) is 16.6 Å². The van der Waals surface area contributed by atoms with Gasteiger partial charge in [-0.25, -0.2) is 4.68 Å². The molecule has 0 N–H and O–H groups in total. The molecule has 2 aliphatic carbocycles. The smallest absolute Gasteiger partial charge is 0.138 e. The Morgan fingerprint density at radius 1 is 0.931 bits per heavy atom. The lowest BCUT2D eigenvalue weighted by molar-refractivity contribution is -0.137. The minimum absolute atomic E-state index is 0.0547. The van der Waals surface area contributed by atoms with E-state index in [0.29, 0.717) is 18.1 Å². The van der Waals surface area contributed by atoms with Crippen molar-refractivity contribution in [3.8, 4) is 16.9 Å². The van der Waals surface area contributed by atoms with Crippen molar-refractivity contribution in [1.82, 2.24) is 9.78 Å². The second-order valence-electron chi connectivity index (χ2n) is 9.44. The average molecular weight is 385 g/mol. The number of aromatic nitrogens is 2. The van der Waals surface area contributed by atoms with Crippen LogP contribution in [0.15, 0.2) is 60.7 Å². The van der Waals surface area contributed by atoms with Crippen molar-refractivity contribution < 1.29 is 4.79 Å². The zero-order valence-electron chi connectivity index (χ0n) is 17.5. The fourth-order valence-electron chi connectivity index (χ4n) is 5.97. The highest BCUT2D eigenvalue weighted by molar-refractivity contribution is 5.86. The van der Waals surface area contributed by atoms with Crippen LogP contribution in [0.4, 0.5) is 0 Å². The second kappa shape index (κ2) is 6.41. The monoisotopic (exact) mass is 384 g/mol. The van der Waals surface area contributed by atoms with Crippen LogP contribution >= 0.6 is 0 Å². The molecule has 0 radical (unpaired) electrons. The van der Waals surface area contributed by atoms with Crippen molar-refractivity contribution in [2.75, 3.05) is 0 Å². The minimum Gasteiger partial charge on any atom is -0.299 e. The number of carbonyl (C=O) groups excluding carboxylic acids is 1. The number of hydrogen-bond acceptors (Lipinski definition) is 2. The standard InChI is InChI=1S/C26H28N2O/c1-25(2)21-15-14-20-23(18-10-6-4-7-11-18)27-28(19-12-8-5-9-13-19)24(20)26(21,3)17-16-22(25)29/h4-13,21H,14-17H2,1-3H3/t21-,26-/m0/s1. The highest BCUT2D eigenvalue weighted by Crippen LogP contribution is 2.57. The summed E-state index contributed by atoms with van der Waals surface area (Å²) in [7, 11) is 0. The third kappa shape index (κ3) is 2.63. The van der Waals surface area contributed by atoms with Gasteiger partial charge in [0.1, 0.15) is 5.78 Å². The van der Waals surface area contributed by atoms with E-state index >= 15 is 0 Å². The van der Waals surface area contributed by atoms with E-state index in [9.17, 15) is 4.79 Å². The van der Waals surface area contributed by atoms with E-state index < -0.39 is 0 Å². The first-order valence-electron chi connectivity index (χ1n) is 10.7. The largest absolute Gasteiger partial charge is 0.299 e. The zero-order valence-corrected chi connectivity index (χ0v) is 17.5. The molecule has 148 valence electrons. The number of rotatable bonds is 2. The van der Waals surface area contributed by atoms with Crippen LogP contribution in [0.1, 0.15) is 51.3 Å². The third-order valence-electron chi connectivity index (χ3n) is 7.49. The van der Waals surface area contributed by atoms with Gasteiger partial charge in [0.15, 0.2) is 0 Å². The number of fused-ring (bicyclic) bond motifs is 3. The molecule has 0 saturated heterocycles. The molecule has 1 aromatic heterocycles. The van der Waals surface area contributed by atoms with Crippen molar-refractivity contribution in [2.45, 2.75) is 51.9 Å². The molecule has 0 aliphatic heterocycles. The molecule has 3 aromatic rings. The van der Waals surface area contributed by atoms with Crippen molar-refractivity contribution >= 4 is 5.78 Å². The fourth-order valence-corrected chi connectivity index (χ4v) is 5.97. The van der Waals surface area contributed by atoms with E-state index in [1.807, 2.05) is 6.07 Å². The summed E-state index contributed by atoms with van der Waals surface area (Å²) in [5.41, 5.74) is 5.71. The van der Waals surface area contributed by atoms with E-state index in [4.69, 9.17) is 5.10 Å². The maximum Gasteiger partial charge on any atom is 0.138 e. The maximum atomic E-state index is 12.8. The molecular formula is C26H28N2O. The van der Waals surface area contributed by atoms with Gasteiger partial charge in [-0.05, 0) is 37.3 Å². The number of Topliss-reactive ketones (excluding diaryl/α,β-unsaturated/α-hetero) is 1. The molecule has 0 amide bonds. The summed E-state index contributed by atoms with van der Waals surface area (Å²) in [6, 6.07) is 21.0. The number of benzene rings is 2. The topological polar surface area (TPSA) is 34.9 Å². The number of nitrogens with zero attached hydrogens (tertiary/aromatic N) is 2. The Hall–Kier alpha value is -2.68. The molecule has 29 heavy (non-hydrogen) atoms. The Morgan fingerprint density at radius 2 is 1.59 bits per heavy atom. The Labute approximate surface area is 172 Å². The van der Waals surface area contributed by atoms with Gasteiger partial charge in [0.2, 0.25) is 0 Å². The van der Waals surface area contributed by atoms with Crippen LogP contribution in [0.3, 0.4) is 0 Å². The molecule has 3 heteroatoms. The van der Waals surface area contributed by atoms with Crippen LogP contribution in [0, 0.1) is 11.3 Å². The molecule has 1 fully saturated rings. The van der Waals surface area contributed by atoms with E-state index in [0.717, 1.165) is 30.6 Å².